The van der Waals surface area contributed by atoms with Crippen molar-refractivity contribution >= 4 is 40.3 Å². The van der Waals surface area contributed by atoms with E-state index in [9.17, 15) is 4.79 Å². The van der Waals surface area contributed by atoms with Crippen LogP contribution in [0.3, 0.4) is 0 Å². The molecule has 0 unspecified atom stereocenters. The van der Waals surface area contributed by atoms with Crippen LogP contribution in [0.25, 0.3) is 6.08 Å². The quantitative estimate of drug-likeness (QED) is 0.222. The second-order valence-corrected chi connectivity index (χ2v) is 8.70. The van der Waals surface area contributed by atoms with Gasteiger partial charge in [0, 0.05) is 13.0 Å². The maximum absolute atomic E-state index is 12.5. The van der Waals surface area contributed by atoms with Gasteiger partial charge in [-0.3, -0.25) is 9.69 Å². The molecule has 0 atom stereocenters. The lowest BCUT2D eigenvalue weighted by atomic mass is 10.1. The number of hydrogen-bond donors (Lipinski definition) is 0. The van der Waals surface area contributed by atoms with Gasteiger partial charge in [0.15, 0.2) is 0 Å². The second kappa shape index (κ2) is 10.5. The highest BCUT2D eigenvalue weighted by molar-refractivity contribution is 8.26. The van der Waals surface area contributed by atoms with Crippen LogP contribution >= 0.6 is 24.0 Å². The average Bonchev–Trinajstić information content (AvgIpc) is 2.95. The van der Waals surface area contributed by atoms with Crippen molar-refractivity contribution in [1.82, 2.24) is 4.90 Å². The van der Waals surface area contributed by atoms with E-state index in [1.165, 1.54) is 22.9 Å². The van der Waals surface area contributed by atoms with E-state index >= 15 is 0 Å². The summed E-state index contributed by atoms with van der Waals surface area (Å²) in [4.78, 5) is 14.6. The molecule has 1 fully saturated rings. The fraction of sp³-hybridized carbons (Fsp3) is 0.250. The highest BCUT2D eigenvalue weighted by atomic mass is 32.2. The number of aryl methyl sites for hydroxylation is 2. The summed E-state index contributed by atoms with van der Waals surface area (Å²) in [6.07, 6.45) is 4.29. The van der Waals surface area contributed by atoms with Gasteiger partial charge >= 0.3 is 0 Å². The molecule has 0 spiro atoms. The van der Waals surface area contributed by atoms with Gasteiger partial charge in [-0.25, -0.2) is 0 Å². The van der Waals surface area contributed by atoms with Crippen molar-refractivity contribution in [1.29, 1.82) is 0 Å². The predicted molar refractivity (Wildman–Crippen MR) is 128 cm³/mol. The van der Waals surface area contributed by atoms with E-state index in [0.717, 1.165) is 23.5 Å². The normalized spacial score (nSPS) is 15.0. The fourth-order valence-electron chi connectivity index (χ4n) is 3.09. The molecule has 6 heteroatoms. The number of benzene rings is 2. The van der Waals surface area contributed by atoms with Crippen molar-refractivity contribution in [2.45, 2.75) is 20.3 Å². The van der Waals surface area contributed by atoms with E-state index in [-0.39, 0.29) is 5.91 Å². The number of carbonyl (C=O) groups is 1. The summed E-state index contributed by atoms with van der Waals surface area (Å²) < 4.78 is 12.2. The smallest absolute Gasteiger partial charge is 0.266 e. The lowest BCUT2D eigenvalue weighted by Gasteiger charge is -2.10. The first-order chi connectivity index (χ1) is 14.5. The second-order valence-electron chi connectivity index (χ2n) is 7.03. The Bertz CT molecular complexity index is 964. The molecule has 1 aliphatic heterocycles. The Balaban J connectivity index is 1.51. The maximum atomic E-state index is 12.5. The van der Waals surface area contributed by atoms with Gasteiger partial charge in [-0.05, 0) is 60.9 Å². The molecule has 4 nitrogen and oxygen atoms in total. The lowest BCUT2D eigenvalue weighted by molar-refractivity contribution is -0.121. The van der Waals surface area contributed by atoms with Crippen molar-refractivity contribution in [3.05, 3.63) is 76.7 Å². The van der Waals surface area contributed by atoms with Crippen LogP contribution in [-0.4, -0.2) is 34.9 Å². The molecule has 1 aliphatic rings. The topological polar surface area (TPSA) is 38.8 Å². The van der Waals surface area contributed by atoms with Gasteiger partial charge in [0.05, 0.1) is 18.1 Å². The molecular formula is C24H25NO3S2. The minimum atomic E-state index is -0.0836. The molecule has 30 heavy (non-hydrogen) atoms. The van der Waals surface area contributed by atoms with Crippen molar-refractivity contribution in [2.75, 3.05) is 19.8 Å². The van der Waals surface area contributed by atoms with Crippen LogP contribution in [0.1, 0.15) is 23.1 Å². The highest BCUT2D eigenvalue weighted by Crippen LogP contribution is 2.32. The monoisotopic (exact) mass is 439 g/mol. The molecule has 1 heterocycles. The zero-order chi connectivity index (χ0) is 21.5. The van der Waals surface area contributed by atoms with Crippen molar-refractivity contribution in [2.24, 2.45) is 0 Å². The van der Waals surface area contributed by atoms with E-state index in [1.54, 1.807) is 11.0 Å². The van der Waals surface area contributed by atoms with Crippen LogP contribution in [0, 0.1) is 13.8 Å². The Kier molecular flexibility index (Phi) is 7.71. The molecule has 3 rings (SSSR count). The standard InChI is InChI=1S/C24H25NO3S2/c1-4-9-25-23(26)22(30-24(25)29)16-19-7-5-8-20(15-19)27-10-6-11-28-21-13-17(2)12-18(3)14-21/h4-5,7-8,12-16H,1,6,9-11H2,2-3H3/b22-16-. The summed E-state index contributed by atoms with van der Waals surface area (Å²) in [6, 6.07) is 13.9. The first-order valence-corrected chi connectivity index (χ1v) is 11.0. The summed E-state index contributed by atoms with van der Waals surface area (Å²) in [5.74, 6) is 1.57. The van der Waals surface area contributed by atoms with Crippen molar-refractivity contribution < 1.29 is 14.3 Å². The number of carbonyl (C=O) groups excluding carboxylic acids is 1. The molecule has 2 aromatic carbocycles. The molecule has 0 aliphatic carbocycles. The largest absolute Gasteiger partial charge is 0.493 e. The summed E-state index contributed by atoms with van der Waals surface area (Å²) in [5, 5.41) is 0. The summed E-state index contributed by atoms with van der Waals surface area (Å²) >= 11 is 6.59. The van der Waals surface area contributed by atoms with Crippen LogP contribution in [0.15, 0.2) is 60.0 Å². The van der Waals surface area contributed by atoms with E-state index in [2.05, 4.69) is 26.5 Å². The van der Waals surface area contributed by atoms with Gasteiger partial charge < -0.3 is 9.47 Å². The average molecular weight is 440 g/mol. The maximum Gasteiger partial charge on any atom is 0.266 e. The minimum absolute atomic E-state index is 0.0836. The zero-order valence-electron chi connectivity index (χ0n) is 17.2. The molecule has 0 radical (unpaired) electrons. The van der Waals surface area contributed by atoms with Gasteiger partial charge in [0.1, 0.15) is 15.8 Å². The summed E-state index contributed by atoms with van der Waals surface area (Å²) in [5.41, 5.74) is 3.29. The van der Waals surface area contributed by atoms with Gasteiger partial charge in [-0.2, -0.15) is 0 Å². The fourth-order valence-corrected chi connectivity index (χ4v) is 4.36. The molecule has 0 saturated carbocycles. The third kappa shape index (κ3) is 5.97. The Hall–Kier alpha value is -2.57. The third-order valence-electron chi connectivity index (χ3n) is 4.36. The number of ether oxygens (including phenoxy) is 2. The van der Waals surface area contributed by atoms with Crippen LogP contribution in [-0.2, 0) is 4.79 Å². The molecule has 1 amide bonds. The number of nitrogens with zero attached hydrogens (tertiary/aromatic N) is 1. The van der Waals surface area contributed by atoms with Crippen LogP contribution in [0.4, 0.5) is 0 Å². The molecule has 2 aromatic rings. The molecule has 0 bridgehead atoms. The van der Waals surface area contributed by atoms with Crippen LogP contribution in [0.2, 0.25) is 0 Å². The van der Waals surface area contributed by atoms with Crippen molar-refractivity contribution in [3.63, 3.8) is 0 Å². The minimum Gasteiger partial charge on any atom is -0.493 e. The van der Waals surface area contributed by atoms with E-state index in [1.807, 2.05) is 42.5 Å². The number of thiocarbonyl (C=S) groups is 1. The van der Waals surface area contributed by atoms with Crippen molar-refractivity contribution in [3.8, 4) is 11.5 Å². The molecule has 0 aromatic heterocycles. The first-order valence-electron chi connectivity index (χ1n) is 9.76. The zero-order valence-corrected chi connectivity index (χ0v) is 18.9. The summed E-state index contributed by atoms with van der Waals surface area (Å²) in [6.45, 7) is 9.37. The van der Waals surface area contributed by atoms with Gasteiger partial charge in [0.2, 0.25) is 0 Å². The highest BCUT2D eigenvalue weighted by Gasteiger charge is 2.30. The molecular weight excluding hydrogens is 414 g/mol. The predicted octanol–water partition coefficient (Wildman–Crippen LogP) is 5.54. The number of thioether (sulfide) groups is 1. The summed E-state index contributed by atoms with van der Waals surface area (Å²) in [7, 11) is 0. The molecule has 156 valence electrons. The van der Waals surface area contributed by atoms with Gasteiger partial charge in [-0.1, -0.05) is 48.3 Å². The number of rotatable bonds is 9. The van der Waals surface area contributed by atoms with Gasteiger partial charge in [-0.15, -0.1) is 6.58 Å². The van der Waals surface area contributed by atoms with Crippen LogP contribution < -0.4 is 9.47 Å². The van der Waals surface area contributed by atoms with E-state index < -0.39 is 0 Å². The molecule has 0 N–H and O–H groups in total. The Labute approximate surface area is 187 Å². The number of amides is 1. The first kappa shape index (κ1) is 22.1. The van der Waals surface area contributed by atoms with E-state index in [4.69, 9.17) is 21.7 Å². The third-order valence-corrected chi connectivity index (χ3v) is 5.74. The SMILES string of the molecule is C=CCN1C(=O)/C(=C/c2cccc(OCCCOc3cc(C)cc(C)c3)c2)SC1=S. The molecule has 1 saturated heterocycles. The van der Waals surface area contributed by atoms with E-state index in [0.29, 0.717) is 29.0 Å². The van der Waals surface area contributed by atoms with Gasteiger partial charge in [0.25, 0.3) is 5.91 Å². The lowest BCUT2D eigenvalue weighted by Crippen LogP contribution is -2.27. The number of hydrogen-bond acceptors (Lipinski definition) is 5. The Morgan fingerprint density at radius 2 is 1.77 bits per heavy atom. The Morgan fingerprint density at radius 3 is 2.47 bits per heavy atom. The van der Waals surface area contributed by atoms with Crippen LogP contribution in [0.5, 0.6) is 11.5 Å². The Morgan fingerprint density at radius 1 is 1.07 bits per heavy atom.